The Morgan fingerprint density at radius 1 is 1.69 bits per heavy atom. The average molecular weight is 289 g/mol. The van der Waals surface area contributed by atoms with Crippen LogP contribution in [-0.4, -0.2) is 29.0 Å². The molecule has 88 valence electrons. The number of anilines is 2. The van der Waals surface area contributed by atoms with Crippen LogP contribution in [-0.2, 0) is 4.79 Å². The van der Waals surface area contributed by atoms with Gasteiger partial charge in [-0.15, -0.1) is 0 Å². The highest BCUT2D eigenvalue weighted by Gasteiger charge is 2.13. The second-order valence-corrected chi connectivity index (χ2v) is 3.84. The van der Waals surface area contributed by atoms with Crippen LogP contribution in [0.2, 0.25) is 0 Å². The normalized spacial score (nSPS) is 9.94. The summed E-state index contributed by atoms with van der Waals surface area (Å²) in [6.07, 6.45) is 1.56. The van der Waals surface area contributed by atoms with E-state index in [0.29, 0.717) is 16.8 Å². The summed E-state index contributed by atoms with van der Waals surface area (Å²) in [7, 11) is 0. The summed E-state index contributed by atoms with van der Waals surface area (Å²) in [5.41, 5.74) is 7.49. The lowest BCUT2D eigenvalue weighted by molar-refractivity contribution is -0.116. The zero-order chi connectivity index (χ0) is 12.1. The third-order valence-corrected chi connectivity index (χ3v) is 2.44. The summed E-state index contributed by atoms with van der Waals surface area (Å²) in [6, 6.07) is 0. The van der Waals surface area contributed by atoms with E-state index in [2.05, 4.69) is 31.3 Å². The predicted molar refractivity (Wildman–Crippen MR) is 64.6 cm³/mol. The molecule has 0 fully saturated rings. The van der Waals surface area contributed by atoms with Gasteiger partial charge in [0.2, 0.25) is 11.9 Å². The van der Waals surface area contributed by atoms with E-state index in [0.717, 1.165) is 0 Å². The maximum Gasteiger partial charge on any atom is 0.239 e. The van der Waals surface area contributed by atoms with E-state index in [1.807, 2.05) is 6.92 Å². The monoisotopic (exact) mass is 288 g/mol. The van der Waals surface area contributed by atoms with Gasteiger partial charge in [0.05, 0.1) is 11.0 Å². The molecule has 0 bridgehead atoms. The first-order valence-corrected chi connectivity index (χ1v) is 5.40. The summed E-state index contributed by atoms with van der Waals surface area (Å²) >= 11 is 3.30. The van der Waals surface area contributed by atoms with E-state index >= 15 is 0 Å². The fourth-order valence-electron chi connectivity index (χ4n) is 1.17. The number of amides is 1. The molecule has 0 atom stereocenters. The van der Waals surface area contributed by atoms with Gasteiger partial charge in [0.15, 0.2) is 0 Å². The van der Waals surface area contributed by atoms with Gasteiger partial charge in [0.1, 0.15) is 5.82 Å². The molecule has 8 heteroatoms. The number of aromatic nitrogens is 2. The van der Waals surface area contributed by atoms with E-state index in [1.54, 1.807) is 11.1 Å². The molecule has 1 amide bonds. The van der Waals surface area contributed by atoms with E-state index in [1.165, 1.54) is 0 Å². The third kappa shape index (κ3) is 3.04. The number of hydrogen-bond donors (Lipinski definition) is 3. The molecular weight excluding hydrogens is 276 g/mol. The average Bonchev–Trinajstić information content (AvgIpc) is 2.26. The number of nitrogen functional groups attached to an aromatic ring is 1. The fourth-order valence-corrected chi connectivity index (χ4v) is 1.62. The molecule has 0 saturated carbocycles. The number of nitrogens with two attached hydrogens (primary N) is 2. The zero-order valence-electron chi connectivity index (χ0n) is 8.77. The number of halogens is 1. The van der Waals surface area contributed by atoms with Crippen molar-refractivity contribution in [2.24, 2.45) is 11.6 Å². The minimum absolute atomic E-state index is 0.0934. The topological polar surface area (TPSA) is 110 Å². The van der Waals surface area contributed by atoms with Crippen molar-refractivity contribution >= 4 is 33.6 Å². The first-order chi connectivity index (χ1) is 7.58. The van der Waals surface area contributed by atoms with Crippen molar-refractivity contribution in [3.05, 3.63) is 10.7 Å². The van der Waals surface area contributed by atoms with Gasteiger partial charge in [-0.1, -0.05) is 0 Å². The molecule has 1 rings (SSSR count). The van der Waals surface area contributed by atoms with Crippen molar-refractivity contribution in [1.82, 2.24) is 9.97 Å². The summed E-state index contributed by atoms with van der Waals surface area (Å²) in [5, 5.41) is 0. The lowest BCUT2D eigenvalue weighted by Crippen LogP contribution is -2.34. The predicted octanol–water partition coefficient (Wildman–Crippen LogP) is -0.164. The van der Waals surface area contributed by atoms with E-state index in [-0.39, 0.29) is 12.5 Å². The fraction of sp³-hybridized carbons (Fsp3) is 0.375. The van der Waals surface area contributed by atoms with E-state index in [9.17, 15) is 4.79 Å². The molecule has 0 aromatic carbocycles. The summed E-state index contributed by atoms with van der Waals surface area (Å²) in [5.74, 6) is 5.64. The maximum absolute atomic E-state index is 10.9. The molecule has 0 aliphatic heterocycles. The largest absolute Gasteiger partial charge is 0.368 e. The standard InChI is InChI=1S/C8H13BrN6O/c1-2-15(4-6(10)16)7-5(9)3-12-8(13-7)14-11/h3H,2,4,11H2,1H3,(H2,10,16)(H,12,13,14). The number of carbonyl (C=O) groups is 1. The highest BCUT2D eigenvalue weighted by molar-refractivity contribution is 9.10. The van der Waals surface area contributed by atoms with Gasteiger partial charge in [-0.25, -0.2) is 10.8 Å². The summed E-state index contributed by atoms with van der Waals surface area (Å²) in [6.45, 7) is 2.59. The van der Waals surface area contributed by atoms with Crippen molar-refractivity contribution in [2.75, 3.05) is 23.4 Å². The molecule has 16 heavy (non-hydrogen) atoms. The van der Waals surface area contributed by atoms with Gasteiger partial charge in [-0.3, -0.25) is 10.2 Å². The Hall–Kier alpha value is -1.41. The molecule has 7 nitrogen and oxygen atoms in total. The van der Waals surface area contributed by atoms with Crippen molar-refractivity contribution in [3.63, 3.8) is 0 Å². The van der Waals surface area contributed by atoms with Gasteiger partial charge in [-0.2, -0.15) is 4.98 Å². The minimum atomic E-state index is -0.422. The number of hydrazine groups is 1. The molecule has 0 aliphatic carbocycles. The second-order valence-electron chi connectivity index (χ2n) is 2.99. The van der Waals surface area contributed by atoms with Crippen LogP contribution >= 0.6 is 15.9 Å². The van der Waals surface area contributed by atoms with Crippen molar-refractivity contribution < 1.29 is 4.79 Å². The first kappa shape index (κ1) is 12.7. The highest BCUT2D eigenvalue weighted by atomic mass is 79.9. The highest BCUT2D eigenvalue weighted by Crippen LogP contribution is 2.23. The van der Waals surface area contributed by atoms with Crippen LogP contribution < -0.4 is 21.9 Å². The van der Waals surface area contributed by atoms with Gasteiger partial charge in [0, 0.05) is 12.7 Å². The Bertz CT molecular complexity index is 385. The van der Waals surface area contributed by atoms with E-state index in [4.69, 9.17) is 11.6 Å². The van der Waals surface area contributed by atoms with Crippen LogP contribution in [0.1, 0.15) is 6.92 Å². The van der Waals surface area contributed by atoms with Gasteiger partial charge >= 0.3 is 0 Å². The number of nitrogens with one attached hydrogen (secondary N) is 1. The number of carbonyl (C=O) groups excluding carboxylic acids is 1. The summed E-state index contributed by atoms with van der Waals surface area (Å²) < 4.78 is 0.676. The Balaban J connectivity index is 3.02. The zero-order valence-corrected chi connectivity index (χ0v) is 10.4. The Labute approximate surface area is 101 Å². The number of likely N-dealkylation sites (N-methyl/N-ethyl adjacent to an activating group) is 1. The number of nitrogens with zero attached hydrogens (tertiary/aromatic N) is 3. The Morgan fingerprint density at radius 2 is 2.38 bits per heavy atom. The van der Waals surface area contributed by atoms with Crippen molar-refractivity contribution in [3.8, 4) is 0 Å². The molecule has 0 spiro atoms. The van der Waals surface area contributed by atoms with Crippen molar-refractivity contribution in [2.45, 2.75) is 6.92 Å². The summed E-state index contributed by atoms with van der Waals surface area (Å²) in [4.78, 5) is 20.7. The van der Waals surface area contributed by atoms with E-state index < -0.39 is 5.91 Å². The van der Waals surface area contributed by atoms with Crippen molar-refractivity contribution in [1.29, 1.82) is 0 Å². The molecule has 1 aromatic rings. The Morgan fingerprint density at radius 3 is 2.88 bits per heavy atom. The lowest BCUT2D eigenvalue weighted by atomic mass is 10.4. The van der Waals surface area contributed by atoms with Gasteiger partial charge < -0.3 is 10.6 Å². The first-order valence-electron chi connectivity index (χ1n) is 4.60. The SMILES string of the molecule is CCN(CC(N)=O)c1nc(NN)ncc1Br. The number of rotatable bonds is 5. The quantitative estimate of drug-likeness (QED) is 0.513. The molecule has 0 unspecified atom stereocenters. The molecular formula is C8H13BrN6O. The molecule has 0 saturated heterocycles. The van der Waals surface area contributed by atoms with Gasteiger partial charge in [0.25, 0.3) is 0 Å². The van der Waals surface area contributed by atoms with Crippen LogP contribution in [0.25, 0.3) is 0 Å². The number of hydrogen-bond acceptors (Lipinski definition) is 6. The maximum atomic E-state index is 10.9. The van der Waals surface area contributed by atoms with Crippen LogP contribution in [0.5, 0.6) is 0 Å². The Kier molecular flexibility index (Phi) is 4.44. The minimum Gasteiger partial charge on any atom is -0.368 e. The molecule has 1 heterocycles. The number of primary amides is 1. The van der Waals surface area contributed by atoms with Crippen LogP contribution in [0.4, 0.5) is 11.8 Å². The molecule has 5 N–H and O–H groups in total. The van der Waals surface area contributed by atoms with Crippen LogP contribution in [0, 0.1) is 0 Å². The van der Waals surface area contributed by atoms with Gasteiger partial charge in [-0.05, 0) is 22.9 Å². The van der Waals surface area contributed by atoms with Crippen LogP contribution in [0.15, 0.2) is 10.7 Å². The lowest BCUT2D eigenvalue weighted by Gasteiger charge is -2.21. The molecule has 0 radical (unpaired) electrons. The third-order valence-electron chi connectivity index (χ3n) is 1.88. The second kappa shape index (κ2) is 5.61. The van der Waals surface area contributed by atoms with Crippen LogP contribution in [0.3, 0.4) is 0 Å². The molecule has 1 aromatic heterocycles. The molecule has 0 aliphatic rings. The smallest absolute Gasteiger partial charge is 0.239 e.